The molecule has 26 heavy (non-hydrogen) atoms. The largest absolute Gasteiger partial charge is 0.325 e. The Kier molecular flexibility index (Phi) is 5.05. The average molecular weight is 362 g/mol. The van der Waals surface area contributed by atoms with Crippen LogP contribution >= 0.6 is 0 Å². The lowest BCUT2D eigenvalue weighted by molar-refractivity contribution is 0.120. The summed E-state index contributed by atoms with van der Waals surface area (Å²) in [7, 11) is 0. The number of H-pyrrole nitrogens is 4. The summed E-state index contributed by atoms with van der Waals surface area (Å²) in [5.74, 6) is 0. The molecule has 1 aliphatic heterocycles. The lowest BCUT2D eigenvalue weighted by Gasteiger charge is -2.34. The van der Waals surface area contributed by atoms with Crippen LogP contribution in [0.2, 0.25) is 0 Å². The maximum Gasteiger partial charge on any atom is 0.325 e. The third-order valence-electron chi connectivity index (χ3n) is 4.77. The minimum atomic E-state index is -0.498. The molecule has 2 aromatic rings. The molecule has 10 nitrogen and oxygen atoms in total. The van der Waals surface area contributed by atoms with Crippen LogP contribution in [-0.4, -0.2) is 55.9 Å². The first kappa shape index (κ1) is 18.1. The number of piperazine rings is 1. The minimum absolute atomic E-state index is 0.356. The third-order valence-corrected chi connectivity index (χ3v) is 4.77. The van der Waals surface area contributed by atoms with Crippen LogP contribution in [0.15, 0.2) is 19.2 Å². The van der Waals surface area contributed by atoms with E-state index >= 15 is 0 Å². The predicted molar refractivity (Wildman–Crippen MR) is 95.4 cm³/mol. The fraction of sp³-hybridized carbons (Fsp3) is 0.500. The van der Waals surface area contributed by atoms with Gasteiger partial charge in [0, 0.05) is 56.2 Å². The van der Waals surface area contributed by atoms with Crippen LogP contribution in [-0.2, 0) is 13.1 Å². The van der Waals surface area contributed by atoms with Gasteiger partial charge in [-0.15, -0.1) is 0 Å². The molecule has 0 saturated carbocycles. The van der Waals surface area contributed by atoms with E-state index in [0.717, 1.165) is 26.2 Å². The maximum absolute atomic E-state index is 12.0. The van der Waals surface area contributed by atoms with E-state index in [-0.39, 0.29) is 11.1 Å². The second-order valence-corrected chi connectivity index (χ2v) is 6.58. The molecule has 2 aromatic heterocycles. The van der Waals surface area contributed by atoms with Crippen LogP contribution < -0.4 is 22.5 Å². The Labute approximate surface area is 147 Å². The van der Waals surface area contributed by atoms with Crippen molar-refractivity contribution in [2.45, 2.75) is 26.9 Å². The minimum Gasteiger partial charge on any atom is -0.311 e. The lowest BCUT2D eigenvalue weighted by atomic mass is 10.2. The number of nitrogens with one attached hydrogen (secondary N) is 4. The highest BCUT2D eigenvalue weighted by Gasteiger charge is 2.20. The molecule has 1 fully saturated rings. The fourth-order valence-corrected chi connectivity index (χ4v) is 3.12. The van der Waals surface area contributed by atoms with E-state index in [1.54, 1.807) is 13.8 Å². The fourth-order valence-electron chi connectivity index (χ4n) is 3.12. The van der Waals surface area contributed by atoms with Gasteiger partial charge < -0.3 is 9.97 Å². The Morgan fingerprint density at radius 2 is 1.27 bits per heavy atom. The Bertz CT molecular complexity index is 1020. The summed E-state index contributed by atoms with van der Waals surface area (Å²) in [6, 6.07) is 0. The summed E-state index contributed by atoms with van der Waals surface area (Å²) < 4.78 is 0. The van der Waals surface area contributed by atoms with Gasteiger partial charge in [-0.2, -0.15) is 0 Å². The van der Waals surface area contributed by atoms with Crippen molar-refractivity contribution in [1.29, 1.82) is 0 Å². The molecule has 0 unspecified atom stereocenters. The molecule has 0 amide bonds. The van der Waals surface area contributed by atoms with Crippen molar-refractivity contribution in [3.05, 3.63) is 64.2 Å². The van der Waals surface area contributed by atoms with E-state index in [2.05, 4.69) is 29.7 Å². The Morgan fingerprint density at radius 3 is 1.88 bits per heavy atom. The third kappa shape index (κ3) is 3.92. The van der Waals surface area contributed by atoms with Gasteiger partial charge in [-0.05, 0) is 13.8 Å². The molecule has 1 saturated heterocycles. The van der Waals surface area contributed by atoms with Gasteiger partial charge in [-0.1, -0.05) is 0 Å². The molecule has 0 aromatic carbocycles. The Balaban J connectivity index is 1.64. The number of aromatic nitrogens is 4. The van der Waals surface area contributed by atoms with Crippen molar-refractivity contribution >= 4 is 0 Å². The van der Waals surface area contributed by atoms with E-state index in [1.807, 2.05) is 0 Å². The molecule has 0 spiro atoms. The van der Waals surface area contributed by atoms with Crippen molar-refractivity contribution in [2.75, 3.05) is 26.2 Å². The van der Waals surface area contributed by atoms with Crippen molar-refractivity contribution in [1.82, 2.24) is 29.7 Å². The van der Waals surface area contributed by atoms with E-state index in [4.69, 9.17) is 0 Å². The van der Waals surface area contributed by atoms with Crippen LogP contribution in [0, 0.1) is 13.8 Å². The van der Waals surface area contributed by atoms with Gasteiger partial charge in [0.05, 0.1) is 5.56 Å². The first-order valence-corrected chi connectivity index (χ1v) is 8.42. The number of aromatic amines is 4. The van der Waals surface area contributed by atoms with Crippen LogP contribution in [0.3, 0.4) is 0 Å². The number of aryl methyl sites for hydroxylation is 1. The van der Waals surface area contributed by atoms with E-state index in [1.165, 1.54) is 0 Å². The van der Waals surface area contributed by atoms with E-state index in [0.29, 0.717) is 35.6 Å². The topological polar surface area (TPSA) is 138 Å². The summed E-state index contributed by atoms with van der Waals surface area (Å²) in [6.07, 6.45) is 0. The first-order valence-electron chi connectivity index (χ1n) is 8.42. The van der Waals surface area contributed by atoms with Gasteiger partial charge in [0.2, 0.25) is 0 Å². The van der Waals surface area contributed by atoms with Gasteiger partial charge in [0.1, 0.15) is 0 Å². The Morgan fingerprint density at radius 1 is 0.731 bits per heavy atom. The zero-order valence-electron chi connectivity index (χ0n) is 14.8. The van der Waals surface area contributed by atoms with Crippen LogP contribution in [0.25, 0.3) is 0 Å². The predicted octanol–water partition coefficient (Wildman–Crippen LogP) is -1.63. The number of hydrogen-bond acceptors (Lipinski definition) is 6. The summed E-state index contributed by atoms with van der Waals surface area (Å²) in [4.78, 5) is 60.4. The van der Waals surface area contributed by atoms with Crippen molar-refractivity contribution in [3.63, 3.8) is 0 Å². The molecule has 3 heterocycles. The molecule has 0 bridgehead atoms. The SMILES string of the molecule is Cc1[nH]c(=O)[nH]c(=O)c1CN1CCN(Cc2[nH]c(=O)[nH]c(=O)c2C)CC1. The monoisotopic (exact) mass is 362 g/mol. The normalized spacial score (nSPS) is 16.1. The molecule has 1 aliphatic rings. The first-order chi connectivity index (χ1) is 12.3. The van der Waals surface area contributed by atoms with E-state index in [9.17, 15) is 19.2 Å². The smallest absolute Gasteiger partial charge is 0.311 e. The molecule has 0 radical (unpaired) electrons. The molecular formula is C16H22N6O4. The van der Waals surface area contributed by atoms with Crippen LogP contribution in [0.4, 0.5) is 0 Å². The van der Waals surface area contributed by atoms with Gasteiger partial charge >= 0.3 is 11.4 Å². The maximum atomic E-state index is 12.0. The van der Waals surface area contributed by atoms with Crippen LogP contribution in [0.5, 0.6) is 0 Å². The molecule has 4 N–H and O–H groups in total. The van der Waals surface area contributed by atoms with Crippen molar-refractivity contribution < 1.29 is 0 Å². The van der Waals surface area contributed by atoms with Gasteiger partial charge in [-0.3, -0.25) is 29.4 Å². The van der Waals surface area contributed by atoms with Gasteiger partial charge in [0.15, 0.2) is 0 Å². The zero-order chi connectivity index (χ0) is 18.8. The second kappa shape index (κ2) is 7.26. The average Bonchev–Trinajstić information content (AvgIpc) is 2.57. The molecular weight excluding hydrogens is 340 g/mol. The summed E-state index contributed by atoms with van der Waals surface area (Å²) in [5, 5.41) is 0. The lowest BCUT2D eigenvalue weighted by Crippen LogP contribution is -2.47. The molecule has 10 heteroatoms. The highest BCUT2D eigenvalue weighted by atomic mass is 16.2. The summed E-state index contributed by atoms with van der Waals surface area (Å²) in [5.41, 5.74) is 0.569. The summed E-state index contributed by atoms with van der Waals surface area (Å²) >= 11 is 0. The van der Waals surface area contributed by atoms with E-state index < -0.39 is 11.4 Å². The number of rotatable bonds is 4. The molecule has 140 valence electrons. The van der Waals surface area contributed by atoms with Gasteiger partial charge in [0.25, 0.3) is 11.1 Å². The highest BCUT2D eigenvalue weighted by Crippen LogP contribution is 2.10. The Hall–Kier alpha value is -2.72. The molecule has 0 atom stereocenters. The van der Waals surface area contributed by atoms with Crippen molar-refractivity contribution in [3.8, 4) is 0 Å². The number of nitrogens with zero attached hydrogens (tertiary/aromatic N) is 2. The second-order valence-electron chi connectivity index (χ2n) is 6.58. The quantitative estimate of drug-likeness (QED) is 0.515. The standard InChI is InChI=1S/C16H22N6O4/c1-9-12(18-16(26)19-13(9)23)8-22-5-3-21(4-6-22)7-11-10(2)17-15(25)20-14(11)24/h3-8H2,1-2H3,(H2,17,20,24,25)(H2,18,19,23,26). The molecule has 3 rings (SSSR count). The van der Waals surface area contributed by atoms with Crippen molar-refractivity contribution in [2.24, 2.45) is 0 Å². The number of hydrogen-bond donors (Lipinski definition) is 4. The zero-order valence-corrected chi connectivity index (χ0v) is 14.8. The van der Waals surface area contributed by atoms with Crippen LogP contribution in [0.1, 0.15) is 22.5 Å². The molecule has 0 aliphatic carbocycles. The summed E-state index contributed by atoms with van der Waals surface area (Å²) in [6.45, 7) is 7.34. The van der Waals surface area contributed by atoms with Gasteiger partial charge in [-0.25, -0.2) is 9.59 Å². The highest BCUT2D eigenvalue weighted by molar-refractivity contribution is 5.15.